The van der Waals surface area contributed by atoms with Crippen molar-refractivity contribution < 1.29 is 4.42 Å². The number of para-hydroxylation sites is 1. The zero-order chi connectivity index (χ0) is 37.5. The third kappa shape index (κ3) is 4.98. The summed E-state index contributed by atoms with van der Waals surface area (Å²) in [4.78, 5) is 15.3. The standard InChI is InChI=1S/C51H30N4OS/c1-4-15-31(16-5-1)34-29-39-45-38(51-53-49(32-17-6-2-7-18-32)52-50(54-51)33-19-8-3-9-20-33)23-14-25-43(45)56-47(39)42(30-34)55-40-24-12-10-22-37(40)46-41(55)28-27-36-35-21-11-13-26-44(35)57-48(36)46/h1-30H. The molecule has 8 aromatic carbocycles. The van der Waals surface area contributed by atoms with Gasteiger partial charge in [0.05, 0.1) is 16.7 Å². The summed E-state index contributed by atoms with van der Waals surface area (Å²) in [5.41, 5.74) is 9.77. The first-order chi connectivity index (χ1) is 28.3. The van der Waals surface area contributed by atoms with Crippen molar-refractivity contribution in [2.45, 2.75) is 0 Å². The molecule has 0 saturated heterocycles. The molecule has 0 aliphatic heterocycles. The Morgan fingerprint density at radius 2 is 1.05 bits per heavy atom. The zero-order valence-corrected chi connectivity index (χ0v) is 31.2. The van der Waals surface area contributed by atoms with Crippen molar-refractivity contribution in [2.75, 3.05) is 0 Å². The van der Waals surface area contributed by atoms with Crippen LogP contribution in [0.2, 0.25) is 0 Å². The van der Waals surface area contributed by atoms with Gasteiger partial charge in [0.25, 0.3) is 0 Å². The van der Waals surface area contributed by atoms with E-state index in [2.05, 4.69) is 120 Å². The maximum Gasteiger partial charge on any atom is 0.164 e. The van der Waals surface area contributed by atoms with Gasteiger partial charge in [0.2, 0.25) is 0 Å². The minimum absolute atomic E-state index is 0.590. The third-order valence-electron chi connectivity index (χ3n) is 11.0. The lowest BCUT2D eigenvalue weighted by Gasteiger charge is -2.12. The highest BCUT2D eigenvalue weighted by molar-refractivity contribution is 7.26. The molecule has 0 aliphatic carbocycles. The molecule has 12 aromatic rings. The zero-order valence-electron chi connectivity index (χ0n) is 30.4. The molecule has 0 atom stereocenters. The number of hydrogen-bond donors (Lipinski definition) is 0. The summed E-state index contributed by atoms with van der Waals surface area (Å²) >= 11 is 1.86. The smallest absolute Gasteiger partial charge is 0.164 e. The van der Waals surface area contributed by atoms with Gasteiger partial charge in [0, 0.05) is 58.4 Å². The predicted octanol–water partition coefficient (Wildman–Crippen LogP) is 13.9. The Kier molecular flexibility index (Phi) is 7.03. The van der Waals surface area contributed by atoms with Crippen LogP contribution < -0.4 is 0 Å². The van der Waals surface area contributed by atoms with Gasteiger partial charge in [-0.15, -0.1) is 11.3 Å². The Morgan fingerprint density at radius 3 is 1.79 bits per heavy atom. The van der Waals surface area contributed by atoms with E-state index in [1.165, 1.54) is 30.9 Å². The van der Waals surface area contributed by atoms with Gasteiger partial charge >= 0.3 is 0 Å². The van der Waals surface area contributed by atoms with Gasteiger partial charge in [-0.3, -0.25) is 0 Å². The summed E-state index contributed by atoms with van der Waals surface area (Å²) < 4.78 is 12.0. The van der Waals surface area contributed by atoms with E-state index >= 15 is 0 Å². The van der Waals surface area contributed by atoms with Gasteiger partial charge in [0.15, 0.2) is 23.1 Å². The summed E-state index contributed by atoms with van der Waals surface area (Å²) in [6.07, 6.45) is 0. The van der Waals surface area contributed by atoms with Crippen molar-refractivity contribution in [1.82, 2.24) is 19.5 Å². The van der Waals surface area contributed by atoms with Crippen LogP contribution in [0.1, 0.15) is 0 Å². The fraction of sp³-hybridized carbons (Fsp3) is 0. The monoisotopic (exact) mass is 746 g/mol. The molecule has 0 saturated carbocycles. The van der Waals surface area contributed by atoms with E-state index in [1.807, 2.05) is 78.1 Å². The average Bonchev–Trinajstić information content (AvgIpc) is 3.96. The fourth-order valence-corrected chi connectivity index (χ4v) is 9.74. The number of nitrogens with zero attached hydrogens (tertiary/aromatic N) is 4. The third-order valence-corrected chi connectivity index (χ3v) is 12.2. The lowest BCUT2D eigenvalue weighted by atomic mass is 9.99. The quantitative estimate of drug-likeness (QED) is 0.176. The Balaban J connectivity index is 1.18. The number of furan rings is 1. The summed E-state index contributed by atoms with van der Waals surface area (Å²) in [6, 6.07) is 63.6. The van der Waals surface area contributed by atoms with Crippen LogP contribution in [0.3, 0.4) is 0 Å². The second-order valence-electron chi connectivity index (χ2n) is 14.3. The Labute approximate surface area is 330 Å². The highest BCUT2D eigenvalue weighted by atomic mass is 32.1. The molecular formula is C51H30N4OS. The molecule has 0 radical (unpaired) electrons. The van der Waals surface area contributed by atoms with E-state index in [1.54, 1.807) is 0 Å². The topological polar surface area (TPSA) is 56.7 Å². The van der Waals surface area contributed by atoms with Gasteiger partial charge in [0.1, 0.15) is 5.58 Å². The summed E-state index contributed by atoms with van der Waals surface area (Å²) in [6.45, 7) is 0. The summed E-state index contributed by atoms with van der Waals surface area (Å²) in [7, 11) is 0. The van der Waals surface area contributed by atoms with Gasteiger partial charge in [-0.25, -0.2) is 15.0 Å². The van der Waals surface area contributed by atoms with E-state index in [0.29, 0.717) is 17.5 Å². The number of benzene rings is 8. The van der Waals surface area contributed by atoms with E-state index in [9.17, 15) is 0 Å². The Hall–Kier alpha value is -7.41. The Morgan fingerprint density at radius 1 is 0.421 bits per heavy atom. The number of aromatic nitrogens is 4. The van der Waals surface area contributed by atoms with E-state index in [-0.39, 0.29) is 0 Å². The lowest BCUT2D eigenvalue weighted by molar-refractivity contribution is 0.666. The molecule has 0 N–H and O–H groups in total. The van der Waals surface area contributed by atoms with Crippen LogP contribution >= 0.6 is 11.3 Å². The first-order valence-corrected chi connectivity index (χ1v) is 19.8. The van der Waals surface area contributed by atoms with E-state index in [4.69, 9.17) is 19.4 Å². The van der Waals surface area contributed by atoms with E-state index < -0.39 is 0 Å². The largest absolute Gasteiger partial charge is 0.454 e. The average molecular weight is 747 g/mol. The van der Waals surface area contributed by atoms with Crippen molar-refractivity contribution >= 4 is 75.3 Å². The fourth-order valence-electron chi connectivity index (χ4n) is 8.48. The van der Waals surface area contributed by atoms with Gasteiger partial charge in [-0.2, -0.15) is 0 Å². The van der Waals surface area contributed by atoms with E-state index in [0.717, 1.165) is 66.5 Å². The molecule has 57 heavy (non-hydrogen) atoms. The van der Waals surface area contributed by atoms with Gasteiger partial charge in [-0.1, -0.05) is 146 Å². The second kappa shape index (κ2) is 12.6. The number of thiophene rings is 1. The van der Waals surface area contributed by atoms with Crippen LogP contribution in [0.5, 0.6) is 0 Å². The molecule has 4 aromatic heterocycles. The molecular weight excluding hydrogens is 717 g/mol. The van der Waals surface area contributed by atoms with Crippen molar-refractivity contribution in [3.05, 3.63) is 182 Å². The van der Waals surface area contributed by atoms with Crippen LogP contribution in [-0.4, -0.2) is 19.5 Å². The van der Waals surface area contributed by atoms with Crippen LogP contribution in [0.4, 0.5) is 0 Å². The normalized spacial score (nSPS) is 11.9. The molecule has 0 amide bonds. The molecule has 0 bridgehead atoms. The first-order valence-electron chi connectivity index (χ1n) is 19.0. The van der Waals surface area contributed by atoms with Crippen LogP contribution in [0.25, 0.3) is 115 Å². The van der Waals surface area contributed by atoms with Crippen molar-refractivity contribution in [2.24, 2.45) is 0 Å². The van der Waals surface area contributed by atoms with Crippen molar-refractivity contribution in [3.63, 3.8) is 0 Å². The molecule has 12 rings (SSSR count). The van der Waals surface area contributed by atoms with Crippen molar-refractivity contribution in [1.29, 1.82) is 0 Å². The SMILES string of the molecule is c1ccc(-c2cc(-n3c4ccccc4c4c5sc6ccccc6c5ccc43)c3oc4cccc(-c5nc(-c6ccccc6)nc(-c6ccccc6)n5)c4c3c2)cc1. The minimum Gasteiger partial charge on any atom is -0.454 e. The lowest BCUT2D eigenvalue weighted by Crippen LogP contribution is -2.00. The molecule has 0 aliphatic rings. The highest BCUT2D eigenvalue weighted by Crippen LogP contribution is 2.46. The number of hydrogen-bond acceptors (Lipinski definition) is 5. The minimum atomic E-state index is 0.590. The molecule has 266 valence electrons. The summed E-state index contributed by atoms with van der Waals surface area (Å²) in [5.74, 6) is 1.83. The van der Waals surface area contributed by atoms with Gasteiger partial charge < -0.3 is 8.98 Å². The van der Waals surface area contributed by atoms with Crippen LogP contribution in [0.15, 0.2) is 186 Å². The highest BCUT2D eigenvalue weighted by Gasteiger charge is 2.24. The Bertz CT molecular complexity index is 3460. The van der Waals surface area contributed by atoms with Crippen LogP contribution in [-0.2, 0) is 0 Å². The summed E-state index contributed by atoms with van der Waals surface area (Å²) in [5, 5.41) is 7.00. The molecule has 0 fully saturated rings. The van der Waals surface area contributed by atoms with Crippen LogP contribution in [0, 0.1) is 0 Å². The number of rotatable bonds is 5. The van der Waals surface area contributed by atoms with Crippen molar-refractivity contribution in [3.8, 4) is 51.0 Å². The molecule has 6 heteroatoms. The maximum absolute atomic E-state index is 7.03. The maximum atomic E-state index is 7.03. The molecule has 0 unspecified atom stereocenters. The van der Waals surface area contributed by atoms with Gasteiger partial charge in [-0.05, 0) is 47.5 Å². The second-order valence-corrected chi connectivity index (χ2v) is 15.4. The predicted molar refractivity (Wildman–Crippen MR) is 236 cm³/mol. The molecule has 4 heterocycles. The molecule has 5 nitrogen and oxygen atoms in total. The first kappa shape index (κ1) is 31.9. The molecule has 0 spiro atoms. The number of fused-ring (bicyclic) bond motifs is 10.